The molecule has 2 atom stereocenters. The van der Waals surface area contributed by atoms with Gasteiger partial charge in [-0.1, -0.05) is 30.3 Å². The minimum Gasteiger partial charge on any atom is -0.382 e. The van der Waals surface area contributed by atoms with Gasteiger partial charge < -0.3 is 9.47 Å². The van der Waals surface area contributed by atoms with Gasteiger partial charge in [0.2, 0.25) is 0 Å². The molecule has 3 nitrogen and oxygen atoms in total. The molecule has 1 aliphatic carbocycles. The summed E-state index contributed by atoms with van der Waals surface area (Å²) in [6.07, 6.45) is 4.65. The van der Waals surface area contributed by atoms with Crippen molar-refractivity contribution in [2.75, 3.05) is 26.9 Å². The lowest BCUT2D eigenvalue weighted by Crippen LogP contribution is -2.24. The second kappa shape index (κ2) is 8.96. The van der Waals surface area contributed by atoms with Crippen LogP contribution in [0.25, 0.3) is 0 Å². The molecule has 0 spiro atoms. The van der Waals surface area contributed by atoms with Gasteiger partial charge in [-0.25, -0.2) is 0 Å². The summed E-state index contributed by atoms with van der Waals surface area (Å²) in [6.45, 7) is 2.00. The molecule has 2 unspecified atom stereocenters. The van der Waals surface area contributed by atoms with Crippen molar-refractivity contribution >= 4 is 5.78 Å². The van der Waals surface area contributed by atoms with Crippen LogP contribution in [0.15, 0.2) is 30.3 Å². The molecule has 0 radical (unpaired) electrons. The molecule has 0 aliphatic heterocycles. The van der Waals surface area contributed by atoms with Crippen LogP contribution in [0.3, 0.4) is 0 Å². The Hall–Kier alpha value is -1.19. The van der Waals surface area contributed by atoms with E-state index in [1.807, 2.05) is 6.07 Å². The van der Waals surface area contributed by atoms with Gasteiger partial charge in [0.1, 0.15) is 5.78 Å². The minimum absolute atomic E-state index is 0.218. The number of ether oxygens (including phenoxy) is 2. The van der Waals surface area contributed by atoms with E-state index in [0.717, 1.165) is 38.7 Å². The lowest BCUT2D eigenvalue weighted by atomic mass is 9.75. The van der Waals surface area contributed by atoms with Crippen LogP contribution in [0.1, 0.15) is 43.6 Å². The Bertz CT molecular complexity index is 416. The van der Waals surface area contributed by atoms with Crippen molar-refractivity contribution in [1.82, 2.24) is 0 Å². The van der Waals surface area contributed by atoms with Gasteiger partial charge in [-0.15, -0.1) is 0 Å². The highest BCUT2D eigenvalue weighted by Crippen LogP contribution is 2.36. The molecule has 21 heavy (non-hydrogen) atoms. The highest BCUT2D eigenvalue weighted by atomic mass is 16.5. The number of Topliss-reactive ketones (excluding diaryl/α,β-unsaturated/α-hetero) is 1. The van der Waals surface area contributed by atoms with Gasteiger partial charge in [-0.2, -0.15) is 0 Å². The molecule has 1 saturated carbocycles. The van der Waals surface area contributed by atoms with E-state index in [-0.39, 0.29) is 5.92 Å². The van der Waals surface area contributed by atoms with Crippen molar-refractivity contribution < 1.29 is 14.3 Å². The number of benzene rings is 1. The van der Waals surface area contributed by atoms with Crippen LogP contribution in [0.4, 0.5) is 0 Å². The molecule has 2 rings (SSSR count). The molecule has 0 amide bonds. The molecule has 1 aromatic carbocycles. The highest BCUT2D eigenvalue weighted by molar-refractivity contribution is 5.82. The molecule has 1 fully saturated rings. The predicted octanol–water partition coefficient (Wildman–Crippen LogP) is 3.58. The van der Waals surface area contributed by atoms with Crippen LogP contribution in [-0.4, -0.2) is 32.7 Å². The first-order chi connectivity index (χ1) is 10.3. The maximum atomic E-state index is 12.1. The Morgan fingerprint density at radius 1 is 1.14 bits per heavy atom. The van der Waals surface area contributed by atoms with E-state index in [2.05, 4.69) is 24.3 Å². The third-order valence-electron chi connectivity index (χ3n) is 4.31. The van der Waals surface area contributed by atoms with E-state index < -0.39 is 0 Å². The second-order valence-electron chi connectivity index (χ2n) is 5.79. The van der Waals surface area contributed by atoms with Crippen molar-refractivity contribution in [3.05, 3.63) is 35.9 Å². The summed E-state index contributed by atoms with van der Waals surface area (Å²) in [7, 11) is 1.67. The SMILES string of the molecule is COCCOCCCC1CC(c2ccccc2)CCC1=O. The summed E-state index contributed by atoms with van der Waals surface area (Å²) in [5.74, 6) is 1.21. The molecular weight excluding hydrogens is 264 g/mol. The zero-order valence-corrected chi connectivity index (χ0v) is 12.9. The van der Waals surface area contributed by atoms with Crippen LogP contribution in [0.5, 0.6) is 0 Å². The van der Waals surface area contributed by atoms with E-state index in [4.69, 9.17) is 9.47 Å². The average molecular weight is 290 g/mol. The second-order valence-corrected chi connectivity index (χ2v) is 5.79. The first kappa shape index (κ1) is 16.2. The van der Waals surface area contributed by atoms with Gasteiger partial charge in [0, 0.05) is 26.1 Å². The van der Waals surface area contributed by atoms with Crippen molar-refractivity contribution in [2.24, 2.45) is 5.92 Å². The van der Waals surface area contributed by atoms with Crippen molar-refractivity contribution in [3.8, 4) is 0 Å². The van der Waals surface area contributed by atoms with Gasteiger partial charge in [0.25, 0.3) is 0 Å². The quantitative estimate of drug-likeness (QED) is 0.686. The summed E-state index contributed by atoms with van der Waals surface area (Å²) >= 11 is 0. The average Bonchev–Trinajstić information content (AvgIpc) is 2.53. The van der Waals surface area contributed by atoms with Crippen LogP contribution < -0.4 is 0 Å². The lowest BCUT2D eigenvalue weighted by Gasteiger charge is -2.28. The predicted molar refractivity (Wildman–Crippen MR) is 83.5 cm³/mol. The molecule has 3 heteroatoms. The fraction of sp³-hybridized carbons (Fsp3) is 0.611. The number of rotatable bonds is 8. The molecule has 0 saturated heterocycles. The van der Waals surface area contributed by atoms with E-state index in [1.54, 1.807) is 7.11 Å². The molecule has 1 aliphatic rings. The molecule has 0 bridgehead atoms. The summed E-state index contributed by atoms with van der Waals surface area (Å²) < 4.78 is 10.4. The van der Waals surface area contributed by atoms with Gasteiger partial charge >= 0.3 is 0 Å². The largest absolute Gasteiger partial charge is 0.382 e. The number of ketones is 1. The Labute approximate surface area is 127 Å². The van der Waals surface area contributed by atoms with Gasteiger partial charge in [0.15, 0.2) is 0 Å². The Kier molecular flexibility index (Phi) is 6.90. The molecule has 0 N–H and O–H groups in total. The third kappa shape index (κ3) is 5.25. The first-order valence-corrected chi connectivity index (χ1v) is 7.95. The van der Waals surface area contributed by atoms with Crippen LogP contribution in [-0.2, 0) is 14.3 Å². The van der Waals surface area contributed by atoms with E-state index in [0.29, 0.717) is 24.9 Å². The minimum atomic E-state index is 0.218. The number of hydrogen-bond donors (Lipinski definition) is 0. The highest BCUT2D eigenvalue weighted by Gasteiger charge is 2.28. The number of carbonyl (C=O) groups is 1. The topological polar surface area (TPSA) is 35.5 Å². The standard InChI is InChI=1S/C18H26O3/c1-20-12-13-21-11-5-8-17-14-16(9-10-18(17)19)15-6-3-2-4-7-15/h2-4,6-7,16-17H,5,8-14H2,1H3. The smallest absolute Gasteiger partial charge is 0.136 e. The summed E-state index contributed by atoms with van der Waals surface area (Å²) in [6, 6.07) is 10.6. The molecule has 0 heterocycles. The molecule has 116 valence electrons. The summed E-state index contributed by atoms with van der Waals surface area (Å²) in [5.41, 5.74) is 1.38. The first-order valence-electron chi connectivity index (χ1n) is 7.95. The van der Waals surface area contributed by atoms with E-state index in [1.165, 1.54) is 5.56 Å². The lowest BCUT2D eigenvalue weighted by molar-refractivity contribution is -0.125. The van der Waals surface area contributed by atoms with E-state index >= 15 is 0 Å². The van der Waals surface area contributed by atoms with Crippen molar-refractivity contribution in [3.63, 3.8) is 0 Å². The molecular formula is C18H26O3. The van der Waals surface area contributed by atoms with Crippen LogP contribution in [0, 0.1) is 5.92 Å². The van der Waals surface area contributed by atoms with Gasteiger partial charge in [-0.3, -0.25) is 4.79 Å². The fourth-order valence-corrected chi connectivity index (χ4v) is 3.10. The Morgan fingerprint density at radius 2 is 1.95 bits per heavy atom. The summed E-state index contributed by atoms with van der Waals surface area (Å²) in [5, 5.41) is 0. The van der Waals surface area contributed by atoms with E-state index in [9.17, 15) is 4.79 Å². The number of hydrogen-bond acceptors (Lipinski definition) is 3. The summed E-state index contributed by atoms with van der Waals surface area (Å²) in [4.78, 5) is 12.1. The van der Waals surface area contributed by atoms with Gasteiger partial charge in [-0.05, 0) is 37.2 Å². The number of methoxy groups -OCH3 is 1. The molecule has 1 aromatic rings. The monoisotopic (exact) mass is 290 g/mol. The fourth-order valence-electron chi connectivity index (χ4n) is 3.10. The zero-order chi connectivity index (χ0) is 14.9. The molecule has 0 aromatic heterocycles. The van der Waals surface area contributed by atoms with Gasteiger partial charge in [0.05, 0.1) is 13.2 Å². The third-order valence-corrected chi connectivity index (χ3v) is 4.31. The Morgan fingerprint density at radius 3 is 2.71 bits per heavy atom. The van der Waals surface area contributed by atoms with Crippen molar-refractivity contribution in [1.29, 1.82) is 0 Å². The normalized spacial score (nSPS) is 22.4. The van der Waals surface area contributed by atoms with Crippen molar-refractivity contribution in [2.45, 2.75) is 38.0 Å². The maximum Gasteiger partial charge on any atom is 0.136 e. The van der Waals surface area contributed by atoms with Crippen LogP contribution in [0.2, 0.25) is 0 Å². The number of carbonyl (C=O) groups excluding carboxylic acids is 1. The maximum absolute atomic E-state index is 12.1. The zero-order valence-electron chi connectivity index (χ0n) is 12.9. The van der Waals surface area contributed by atoms with Crippen LogP contribution >= 0.6 is 0 Å². The Balaban J connectivity index is 1.75.